The van der Waals surface area contributed by atoms with Crippen molar-refractivity contribution in [1.82, 2.24) is 14.9 Å². The van der Waals surface area contributed by atoms with Crippen LogP contribution in [-0.2, 0) is 11.8 Å². The highest BCUT2D eigenvalue weighted by atomic mass is 35.5. The molecule has 2 aromatic heterocycles. The van der Waals surface area contributed by atoms with Crippen LogP contribution in [0.4, 0.5) is 5.95 Å². The van der Waals surface area contributed by atoms with Gasteiger partial charge in [0.05, 0.1) is 0 Å². The van der Waals surface area contributed by atoms with E-state index in [-0.39, 0.29) is 11.9 Å². The van der Waals surface area contributed by atoms with E-state index in [4.69, 9.17) is 11.6 Å². The molecule has 0 saturated carbocycles. The van der Waals surface area contributed by atoms with Crippen molar-refractivity contribution < 1.29 is 4.79 Å². The Labute approximate surface area is 179 Å². The molecular weight excluding hydrogens is 404 g/mol. The molecule has 0 unspecified atom stereocenters. The average molecular weight is 427 g/mol. The van der Waals surface area contributed by atoms with E-state index < -0.39 is 0 Å². The number of carbonyl (C=O) groups excluding carboxylic acids is 1. The molecule has 1 N–H and O–H groups in total. The van der Waals surface area contributed by atoms with Gasteiger partial charge in [0.2, 0.25) is 11.9 Å². The number of carbonyl (C=O) groups is 1. The molecule has 0 spiro atoms. The number of rotatable bonds is 5. The third kappa shape index (κ3) is 4.89. The van der Waals surface area contributed by atoms with Gasteiger partial charge in [0, 0.05) is 59.4 Å². The summed E-state index contributed by atoms with van der Waals surface area (Å²) in [5.41, 5.74) is 1.09. The van der Waals surface area contributed by atoms with Crippen molar-refractivity contribution in [3.63, 3.8) is 0 Å². The molecule has 7 heteroatoms. The number of nitrogens with zero attached hydrogens (tertiary/aromatic N) is 3. The first kappa shape index (κ1) is 19.7. The summed E-state index contributed by atoms with van der Waals surface area (Å²) in [4.78, 5) is 21.2. The molecule has 0 radical (unpaired) electrons. The van der Waals surface area contributed by atoms with Crippen molar-refractivity contribution in [2.75, 3.05) is 18.0 Å². The second-order valence-corrected chi connectivity index (χ2v) is 8.71. The van der Waals surface area contributed by atoms with Gasteiger partial charge in [0.1, 0.15) is 0 Å². The van der Waals surface area contributed by atoms with E-state index in [1.54, 1.807) is 17.4 Å². The summed E-state index contributed by atoms with van der Waals surface area (Å²) in [6.45, 7) is 1.79. The maximum Gasteiger partial charge on any atom is 0.244 e. The number of aromatic nitrogens is 2. The normalized spacial score (nSPS) is 15.2. The van der Waals surface area contributed by atoms with Crippen molar-refractivity contribution in [2.24, 2.45) is 7.05 Å². The number of nitrogens with one attached hydrogen (secondary N) is 1. The summed E-state index contributed by atoms with van der Waals surface area (Å²) < 4.78 is 2.03. The summed E-state index contributed by atoms with van der Waals surface area (Å²) in [6, 6.07) is 12.1. The zero-order valence-electron chi connectivity index (χ0n) is 16.2. The topological polar surface area (TPSA) is 50.2 Å². The van der Waals surface area contributed by atoms with E-state index in [1.165, 1.54) is 0 Å². The number of hydrogen-bond acceptors (Lipinski definition) is 4. The number of aryl methyl sites for hydroxylation is 1. The van der Waals surface area contributed by atoms with Crippen LogP contribution in [0.3, 0.4) is 0 Å². The van der Waals surface area contributed by atoms with Gasteiger partial charge in [0.15, 0.2) is 0 Å². The Bertz CT molecular complexity index is 1020. The van der Waals surface area contributed by atoms with E-state index in [0.717, 1.165) is 52.2 Å². The standard InChI is InChI=1S/C22H23ClN4OS/c1-26-14-11-24-22(26)27-12-9-18(10-13-27)25-21(28)8-6-19-5-7-20(29-19)16-3-2-4-17(23)15-16/h2-8,11,14-15,18H,9-10,12-13H2,1H3,(H,25,28)/b8-6+. The van der Waals surface area contributed by atoms with Crippen LogP contribution in [-0.4, -0.2) is 34.6 Å². The lowest BCUT2D eigenvalue weighted by Gasteiger charge is -2.32. The third-order valence-corrected chi connectivity index (χ3v) is 6.39. The number of benzene rings is 1. The fourth-order valence-corrected chi connectivity index (χ4v) is 4.63. The van der Waals surface area contributed by atoms with Gasteiger partial charge < -0.3 is 14.8 Å². The van der Waals surface area contributed by atoms with Crippen LogP contribution in [0.2, 0.25) is 5.02 Å². The van der Waals surface area contributed by atoms with Crippen LogP contribution >= 0.6 is 22.9 Å². The van der Waals surface area contributed by atoms with E-state index in [2.05, 4.69) is 21.3 Å². The summed E-state index contributed by atoms with van der Waals surface area (Å²) in [6.07, 6.45) is 9.11. The lowest BCUT2D eigenvalue weighted by atomic mass is 10.1. The van der Waals surface area contributed by atoms with E-state index in [9.17, 15) is 4.79 Å². The fourth-order valence-electron chi connectivity index (χ4n) is 3.53. The van der Waals surface area contributed by atoms with E-state index in [1.807, 2.05) is 60.4 Å². The maximum atomic E-state index is 12.3. The number of piperidine rings is 1. The minimum absolute atomic E-state index is 0.0434. The number of halogens is 1. The quantitative estimate of drug-likeness (QED) is 0.606. The molecule has 1 aliphatic heterocycles. The average Bonchev–Trinajstić information content (AvgIpc) is 3.36. The number of hydrogen-bond donors (Lipinski definition) is 1. The van der Waals surface area contributed by atoms with Gasteiger partial charge in [0.25, 0.3) is 0 Å². The third-order valence-electron chi connectivity index (χ3n) is 5.05. The van der Waals surface area contributed by atoms with Gasteiger partial charge in [-0.05, 0) is 48.7 Å². The minimum Gasteiger partial charge on any atom is -0.350 e. The number of amides is 1. The Kier molecular flexibility index (Phi) is 6.02. The molecular formula is C22H23ClN4OS. The number of imidazole rings is 1. The van der Waals surface area contributed by atoms with Crippen LogP contribution in [0, 0.1) is 0 Å². The predicted molar refractivity (Wildman–Crippen MR) is 120 cm³/mol. The lowest BCUT2D eigenvalue weighted by molar-refractivity contribution is -0.117. The highest BCUT2D eigenvalue weighted by molar-refractivity contribution is 7.16. The molecule has 5 nitrogen and oxygen atoms in total. The molecule has 1 saturated heterocycles. The Balaban J connectivity index is 1.29. The van der Waals surface area contributed by atoms with Crippen LogP contribution in [0.15, 0.2) is 54.9 Å². The number of thiophene rings is 1. The Morgan fingerprint density at radius 1 is 1.28 bits per heavy atom. The van der Waals surface area contributed by atoms with Gasteiger partial charge in [-0.15, -0.1) is 11.3 Å². The summed E-state index contributed by atoms with van der Waals surface area (Å²) in [5, 5.41) is 3.85. The molecule has 1 fully saturated rings. The van der Waals surface area contributed by atoms with Crippen LogP contribution in [0.25, 0.3) is 16.5 Å². The SMILES string of the molecule is Cn1ccnc1N1CCC(NC(=O)/C=C/c2ccc(-c3cccc(Cl)c3)s2)CC1. The van der Waals surface area contributed by atoms with E-state index in [0.29, 0.717) is 0 Å². The van der Waals surface area contributed by atoms with Crippen molar-refractivity contribution in [2.45, 2.75) is 18.9 Å². The predicted octanol–water partition coefficient (Wildman–Crippen LogP) is 4.60. The van der Waals surface area contributed by atoms with Crippen molar-refractivity contribution in [3.8, 4) is 10.4 Å². The Morgan fingerprint density at radius 3 is 2.83 bits per heavy atom. The van der Waals surface area contributed by atoms with Crippen LogP contribution in [0.5, 0.6) is 0 Å². The highest BCUT2D eigenvalue weighted by Crippen LogP contribution is 2.30. The fraction of sp³-hybridized carbons (Fsp3) is 0.273. The van der Waals surface area contributed by atoms with Gasteiger partial charge in [-0.25, -0.2) is 4.98 Å². The summed E-state index contributed by atoms with van der Waals surface area (Å²) in [7, 11) is 2.00. The van der Waals surface area contributed by atoms with Gasteiger partial charge >= 0.3 is 0 Å². The molecule has 3 heterocycles. The maximum absolute atomic E-state index is 12.3. The van der Waals surface area contributed by atoms with Crippen LogP contribution < -0.4 is 10.2 Å². The monoisotopic (exact) mass is 426 g/mol. The zero-order chi connectivity index (χ0) is 20.2. The molecule has 1 amide bonds. The molecule has 0 bridgehead atoms. The minimum atomic E-state index is -0.0434. The first-order chi connectivity index (χ1) is 14.1. The van der Waals surface area contributed by atoms with Crippen LogP contribution in [0.1, 0.15) is 17.7 Å². The van der Waals surface area contributed by atoms with E-state index >= 15 is 0 Å². The smallest absolute Gasteiger partial charge is 0.244 e. The second kappa shape index (κ2) is 8.84. The van der Waals surface area contributed by atoms with Gasteiger partial charge in [-0.2, -0.15) is 0 Å². The molecule has 1 aliphatic rings. The number of anilines is 1. The second-order valence-electron chi connectivity index (χ2n) is 7.15. The molecule has 3 aromatic rings. The van der Waals surface area contributed by atoms with Gasteiger partial charge in [-0.3, -0.25) is 4.79 Å². The first-order valence-electron chi connectivity index (χ1n) is 9.65. The zero-order valence-corrected chi connectivity index (χ0v) is 17.8. The largest absolute Gasteiger partial charge is 0.350 e. The van der Waals surface area contributed by atoms with Gasteiger partial charge in [-0.1, -0.05) is 23.7 Å². The Morgan fingerprint density at radius 2 is 2.10 bits per heavy atom. The molecule has 0 aliphatic carbocycles. The summed E-state index contributed by atoms with van der Waals surface area (Å²) >= 11 is 7.71. The summed E-state index contributed by atoms with van der Waals surface area (Å²) in [5.74, 6) is 0.945. The lowest BCUT2D eigenvalue weighted by Crippen LogP contribution is -2.44. The van der Waals surface area contributed by atoms with Crippen molar-refractivity contribution >= 4 is 40.9 Å². The molecule has 150 valence electrons. The molecule has 1 aromatic carbocycles. The molecule has 4 rings (SSSR count). The van der Waals surface area contributed by atoms with Crippen molar-refractivity contribution in [1.29, 1.82) is 0 Å². The molecule has 0 atom stereocenters. The molecule has 29 heavy (non-hydrogen) atoms. The first-order valence-corrected chi connectivity index (χ1v) is 10.8. The Hall–Kier alpha value is -2.57. The van der Waals surface area contributed by atoms with Crippen molar-refractivity contribution in [3.05, 3.63) is 64.8 Å². The highest BCUT2D eigenvalue weighted by Gasteiger charge is 2.22.